The highest BCUT2D eigenvalue weighted by atomic mass is 127. The van der Waals surface area contributed by atoms with Crippen molar-refractivity contribution in [3.8, 4) is 0 Å². The molecule has 1 N–H and O–H groups in total. The Morgan fingerprint density at radius 3 is 2.30 bits per heavy atom. The summed E-state index contributed by atoms with van der Waals surface area (Å²) >= 11 is 32.7. The standard InChI is InChI=1S/C18H11Cl5INO2/c19-11-4-2-9(6-10(11)14(26)7-24)25-17(27)16-15(18(16,22)23)8-1-3-12(20)13(21)5-8/h1-6,15-16H,7H2,(H,25,27). The third kappa shape index (κ3) is 4.36. The van der Waals surface area contributed by atoms with Gasteiger partial charge in [-0.15, -0.1) is 23.2 Å². The monoisotopic (exact) mass is 575 g/mol. The third-order valence-corrected chi connectivity index (χ3v) is 7.00. The molecular formula is C18H11Cl5INO2. The molecule has 9 heteroatoms. The molecule has 0 radical (unpaired) electrons. The number of carbonyl (C=O) groups is 2. The number of halogens is 6. The molecule has 0 spiro atoms. The van der Waals surface area contributed by atoms with Gasteiger partial charge in [0, 0.05) is 17.2 Å². The van der Waals surface area contributed by atoms with Gasteiger partial charge in [-0.2, -0.15) is 0 Å². The van der Waals surface area contributed by atoms with Crippen LogP contribution in [0, 0.1) is 5.92 Å². The summed E-state index contributed by atoms with van der Waals surface area (Å²) in [6.07, 6.45) is 0. The van der Waals surface area contributed by atoms with Crippen LogP contribution in [0.4, 0.5) is 5.69 Å². The largest absolute Gasteiger partial charge is 0.326 e. The molecule has 0 bridgehead atoms. The summed E-state index contributed by atoms with van der Waals surface area (Å²) < 4.78 is -0.974. The van der Waals surface area contributed by atoms with E-state index in [-0.39, 0.29) is 16.1 Å². The van der Waals surface area contributed by atoms with Crippen LogP contribution in [0.5, 0.6) is 0 Å². The SMILES string of the molecule is O=C(CI)c1cc(NC(=O)C2C(c3ccc(Cl)c(Cl)c3)C2(Cl)Cl)ccc1Cl. The molecule has 1 saturated carbocycles. The number of anilines is 1. The molecule has 2 unspecified atom stereocenters. The van der Waals surface area contributed by atoms with Gasteiger partial charge in [0.15, 0.2) is 5.78 Å². The topological polar surface area (TPSA) is 46.2 Å². The van der Waals surface area contributed by atoms with Crippen molar-refractivity contribution >= 4 is 98.0 Å². The Hall–Kier alpha value is -0.240. The lowest BCUT2D eigenvalue weighted by molar-refractivity contribution is -0.117. The highest BCUT2D eigenvalue weighted by Crippen LogP contribution is 2.65. The Bertz CT molecular complexity index is 934. The molecular weight excluding hydrogens is 566 g/mol. The quantitative estimate of drug-likeness (QED) is 0.242. The molecule has 2 aromatic carbocycles. The first-order chi connectivity index (χ1) is 12.7. The van der Waals surface area contributed by atoms with Gasteiger partial charge in [0.1, 0.15) is 4.33 Å². The Morgan fingerprint density at radius 2 is 1.67 bits per heavy atom. The van der Waals surface area contributed by atoms with E-state index in [1.165, 1.54) is 0 Å². The van der Waals surface area contributed by atoms with Crippen LogP contribution in [0.3, 0.4) is 0 Å². The fourth-order valence-corrected chi connectivity index (χ4v) is 4.65. The average Bonchev–Trinajstić information content (AvgIpc) is 3.20. The number of alkyl halides is 3. The van der Waals surface area contributed by atoms with Crippen molar-refractivity contribution < 1.29 is 9.59 Å². The number of amides is 1. The summed E-state index contributed by atoms with van der Waals surface area (Å²) in [5, 5.41) is 3.86. The van der Waals surface area contributed by atoms with Gasteiger partial charge in [-0.3, -0.25) is 9.59 Å². The zero-order valence-electron chi connectivity index (χ0n) is 13.4. The summed E-state index contributed by atoms with van der Waals surface area (Å²) in [5.41, 5.74) is 1.52. The van der Waals surface area contributed by atoms with Crippen LogP contribution in [-0.4, -0.2) is 20.5 Å². The fraction of sp³-hybridized carbons (Fsp3) is 0.222. The molecule has 0 heterocycles. The van der Waals surface area contributed by atoms with Crippen molar-refractivity contribution in [1.82, 2.24) is 0 Å². The van der Waals surface area contributed by atoms with Crippen LogP contribution in [0.2, 0.25) is 15.1 Å². The minimum Gasteiger partial charge on any atom is -0.326 e. The predicted molar refractivity (Wildman–Crippen MR) is 120 cm³/mol. The number of nitrogens with one attached hydrogen (secondary N) is 1. The van der Waals surface area contributed by atoms with E-state index in [4.69, 9.17) is 58.0 Å². The smallest absolute Gasteiger partial charge is 0.231 e. The van der Waals surface area contributed by atoms with Crippen LogP contribution in [0.15, 0.2) is 36.4 Å². The van der Waals surface area contributed by atoms with E-state index in [0.29, 0.717) is 26.3 Å². The number of ketones is 1. The minimum absolute atomic E-state index is 0.124. The molecule has 1 fully saturated rings. The molecule has 0 aromatic heterocycles. The minimum atomic E-state index is -1.26. The Labute approximate surface area is 194 Å². The van der Waals surface area contributed by atoms with Crippen LogP contribution < -0.4 is 5.32 Å². The average molecular weight is 577 g/mol. The Morgan fingerprint density at radius 1 is 1.00 bits per heavy atom. The molecule has 0 saturated heterocycles. The van der Waals surface area contributed by atoms with E-state index < -0.39 is 16.2 Å². The molecule has 142 valence electrons. The summed E-state index contributed by atoms with van der Waals surface area (Å²) in [5.74, 6) is -1.57. The van der Waals surface area contributed by atoms with Gasteiger partial charge in [-0.05, 0) is 35.9 Å². The number of hydrogen-bond acceptors (Lipinski definition) is 2. The lowest BCUT2D eigenvalue weighted by Gasteiger charge is -2.08. The maximum Gasteiger partial charge on any atom is 0.231 e. The van der Waals surface area contributed by atoms with Crippen molar-refractivity contribution in [3.05, 3.63) is 62.6 Å². The molecule has 1 aliphatic carbocycles. The zero-order valence-corrected chi connectivity index (χ0v) is 19.3. The molecule has 1 amide bonds. The number of rotatable bonds is 5. The van der Waals surface area contributed by atoms with Gasteiger partial charge in [-0.25, -0.2) is 0 Å². The second kappa shape index (κ2) is 8.25. The maximum absolute atomic E-state index is 12.7. The molecule has 2 atom stereocenters. The summed E-state index contributed by atoms with van der Waals surface area (Å²) in [6, 6.07) is 9.75. The molecule has 3 nitrogen and oxygen atoms in total. The second-order valence-electron chi connectivity index (χ2n) is 6.04. The lowest BCUT2D eigenvalue weighted by Crippen LogP contribution is -2.17. The zero-order chi connectivity index (χ0) is 19.9. The van der Waals surface area contributed by atoms with Crippen molar-refractivity contribution in [2.24, 2.45) is 5.92 Å². The van der Waals surface area contributed by atoms with Crippen molar-refractivity contribution in [2.45, 2.75) is 10.3 Å². The predicted octanol–water partition coefficient (Wildman–Crippen LogP) is 6.79. The van der Waals surface area contributed by atoms with Crippen LogP contribution >= 0.6 is 80.6 Å². The first kappa shape index (κ1) is 21.5. The van der Waals surface area contributed by atoms with E-state index in [1.807, 2.05) is 22.6 Å². The number of benzene rings is 2. The Kier molecular flexibility index (Phi) is 6.56. The van der Waals surface area contributed by atoms with Crippen molar-refractivity contribution in [1.29, 1.82) is 0 Å². The van der Waals surface area contributed by atoms with Gasteiger partial charge in [0.25, 0.3) is 0 Å². The fourth-order valence-electron chi connectivity index (χ4n) is 2.88. The normalized spacial score (nSPS) is 20.2. The highest BCUT2D eigenvalue weighted by molar-refractivity contribution is 14.1. The molecule has 27 heavy (non-hydrogen) atoms. The number of Topliss-reactive ketones (excluding diaryl/α,β-unsaturated/α-hetero) is 1. The first-order valence-electron chi connectivity index (χ1n) is 7.69. The van der Waals surface area contributed by atoms with Crippen LogP contribution in [0.25, 0.3) is 0 Å². The molecule has 2 aromatic rings. The maximum atomic E-state index is 12.7. The van der Waals surface area contributed by atoms with E-state index >= 15 is 0 Å². The number of carbonyl (C=O) groups excluding carboxylic acids is 2. The van der Waals surface area contributed by atoms with Crippen molar-refractivity contribution in [3.63, 3.8) is 0 Å². The van der Waals surface area contributed by atoms with Gasteiger partial charge in [0.2, 0.25) is 5.91 Å². The van der Waals surface area contributed by atoms with E-state index in [2.05, 4.69) is 5.32 Å². The van der Waals surface area contributed by atoms with Crippen LogP contribution in [-0.2, 0) is 4.79 Å². The number of hydrogen-bond donors (Lipinski definition) is 1. The van der Waals surface area contributed by atoms with Gasteiger partial charge in [0.05, 0.1) is 25.4 Å². The van der Waals surface area contributed by atoms with Crippen LogP contribution in [0.1, 0.15) is 21.8 Å². The Balaban J connectivity index is 1.80. The van der Waals surface area contributed by atoms with E-state index in [1.54, 1.807) is 36.4 Å². The second-order valence-corrected chi connectivity index (χ2v) is 9.47. The van der Waals surface area contributed by atoms with Gasteiger partial charge in [-0.1, -0.05) is 63.5 Å². The summed E-state index contributed by atoms with van der Waals surface area (Å²) in [7, 11) is 0. The lowest BCUT2D eigenvalue weighted by atomic mass is 10.1. The summed E-state index contributed by atoms with van der Waals surface area (Å²) in [6.45, 7) is 0. The van der Waals surface area contributed by atoms with Gasteiger partial charge < -0.3 is 5.32 Å². The van der Waals surface area contributed by atoms with Gasteiger partial charge >= 0.3 is 0 Å². The van der Waals surface area contributed by atoms with Crippen molar-refractivity contribution in [2.75, 3.05) is 9.74 Å². The first-order valence-corrected chi connectivity index (χ1v) is 11.1. The summed E-state index contributed by atoms with van der Waals surface area (Å²) in [4.78, 5) is 24.7. The highest BCUT2D eigenvalue weighted by Gasteiger charge is 2.67. The molecule has 0 aliphatic heterocycles. The third-order valence-electron chi connectivity index (χ3n) is 4.29. The molecule has 3 rings (SSSR count). The van der Waals surface area contributed by atoms with E-state index in [0.717, 1.165) is 5.56 Å². The molecule has 1 aliphatic rings. The van der Waals surface area contributed by atoms with E-state index in [9.17, 15) is 9.59 Å².